The molecule has 0 saturated heterocycles. The topological polar surface area (TPSA) is 71.1 Å². The molecule has 0 unspecified atom stereocenters. The van der Waals surface area contributed by atoms with E-state index in [1.807, 2.05) is 121 Å². The van der Waals surface area contributed by atoms with Crippen LogP contribution in [0.2, 0.25) is 0 Å². The molecule has 0 amide bonds. The summed E-state index contributed by atoms with van der Waals surface area (Å²) in [4.78, 5) is 0. The second-order valence-electron chi connectivity index (χ2n) is 26.0. The van der Waals surface area contributed by atoms with Crippen LogP contribution in [0.3, 0.4) is 0 Å². The molecule has 1 aliphatic carbocycles. The molecule has 0 heterocycles. The SMILES string of the molecule is COc1c2cc(C(C)(C)C)cc1Cc1cc(C(C)(C)C)cc(c1OCP(=O)(c1ccccc1)c1ccccc1)Cc1cc(C(C)(C)C)cc(c1OC)Cc1cc(C(C)(C)C)cc(c1OCP(=O)(c1ccccc1)c1ccccc1)C2. The van der Waals surface area contributed by atoms with Gasteiger partial charge in [-0.05, 0) is 88.4 Å². The first-order valence-electron chi connectivity index (χ1n) is 28.2. The second kappa shape index (κ2) is 22.8. The molecule has 8 aromatic rings. The van der Waals surface area contributed by atoms with Crippen molar-refractivity contribution in [1.82, 2.24) is 0 Å². The second-order valence-corrected chi connectivity index (χ2v) is 31.5. The molecule has 9 rings (SSSR count). The lowest BCUT2D eigenvalue weighted by atomic mass is 9.79. The van der Waals surface area contributed by atoms with Gasteiger partial charge >= 0.3 is 0 Å². The number of ether oxygens (including phenoxy) is 4. The van der Waals surface area contributed by atoms with E-state index in [0.29, 0.717) is 37.2 Å². The Morgan fingerprint density at radius 1 is 0.312 bits per heavy atom. The van der Waals surface area contributed by atoms with Crippen molar-refractivity contribution in [2.75, 3.05) is 26.9 Å². The van der Waals surface area contributed by atoms with Crippen molar-refractivity contribution in [2.45, 2.75) is 130 Å². The van der Waals surface area contributed by atoms with Gasteiger partial charge in [-0.15, -0.1) is 0 Å². The molecule has 6 nitrogen and oxygen atoms in total. The minimum absolute atomic E-state index is 0.0419. The van der Waals surface area contributed by atoms with Crippen LogP contribution in [0.1, 0.15) is 150 Å². The van der Waals surface area contributed by atoms with Crippen LogP contribution in [0.4, 0.5) is 0 Å². The Kier molecular flexibility index (Phi) is 16.5. The summed E-state index contributed by atoms with van der Waals surface area (Å²) in [5.41, 5.74) is 11.7. The highest BCUT2D eigenvalue weighted by atomic mass is 31.2. The van der Waals surface area contributed by atoms with Crippen LogP contribution in [0.15, 0.2) is 170 Å². The molecule has 0 spiro atoms. The summed E-state index contributed by atoms with van der Waals surface area (Å²) in [5.74, 6) is 2.99. The lowest BCUT2D eigenvalue weighted by molar-refractivity contribution is 0.369. The number of hydrogen-bond donors (Lipinski definition) is 0. The Hall–Kier alpha value is -6.58. The molecule has 8 heteroatoms. The van der Waals surface area contributed by atoms with Crippen molar-refractivity contribution < 1.29 is 28.1 Å². The Morgan fingerprint density at radius 2 is 0.500 bits per heavy atom. The summed E-state index contributed by atoms with van der Waals surface area (Å²) in [6.45, 7) is 27.1. The van der Waals surface area contributed by atoms with Crippen molar-refractivity contribution in [3.05, 3.63) is 237 Å². The van der Waals surface area contributed by atoms with Crippen LogP contribution < -0.4 is 40.2 Å². The zero-order chi connectivity index (χ0) is 57.4. The van der Waals surface area contributed by atoms with Gasteiger partial charge in [0.25, 0.3) is 0 Å². The summed E-state index contributed by atoms with van der Waals surface area (Å²) >= 11 is 0. The predicted octanol–water partition coefficient (Wildman–Crippen LogP) is 16.3. The summed E-state index contributed by atoms with van der Waals surface area (Å²) in [6, 6.07) is 57.6. The molecular formula is C72H82O6P2. The summed E-state index contributed by atoms with van der Waals surface area (Å²) in [7, 11) is -3.16. The zero-order valence-electron chi connectivity index (χ0n) is 49.8. The average molecular weight is 1110 g/mol. The van der Waals surface area contributed by atoms with Crippen molar-refractivity contribution in [3.63, 3.8) is 0 Å². The lowest BCUT2D eigenvalue weighted by Crippen LogP contribution is -2.22. The molecule has 416 valence electrons. The van der Waals surface area contributed by atoms with Crippen molar-refractivity contribution in [2.24, 2.45) is 0 Å². The Bertz CT molecular complexity index is 3170. The third-order valence-corrected chi connectivity index (χ3v) is 21.4. The van der Waals surface area contributed by atoms with Crippen LogP contribution >= 0.6 is 14.3 Å². The monoisotopic (exact) mass is 1100 g/mol. The van der Waals surface area contributed by atoms with Crippen molar-refractivity contribution in [3.8, 4) is 23.0 Å². The van der Waals surface area contributed by atoms with Gasteiger partial charge in [0.1, 0.15) is 35.7 Å². The standard InChI is InChI=1S/C72H82O6P2/c1-69(2,3)57-39-49-35-53-43-59(71(7,8)9)45-55(67(53)77-47-79(73,61-27-19-15-20-28-61)62-29-21-16-22-30-62)37-51-41-58(70(4,5)6)42-52(66(51)76-14)38-56-46-60(72(10,11)12)44-54(36-50(40-57)65(49)75-13)68(56)78-48-80(74,63-31-23-17-24-32-63)64-33-25-18-26-34-64/h15-34,39-46H,35-38,47-48H2,1-14H3. The summed E-state index contributed by atoms with van der Waals surface area (Å²) in [6.07, 6.45) is 1.77. The van der Waals surface area contributed by atoms with Crippen molar-refractivity contribution >= 4 is 35.5 Å². The number of rotatable bonds is 12. The third kappa shape index (κ3) is 12.3. The molecule has 8 aromatic carbocycles. The van der Waals surface area contributed by atoms with Gasteiger partial charge < -0.3 is 28.1 Å². The van der Waals surface area contributed by atoms with Gasteiger partial charge in [-0.3, -0.25) is 0 Å². The number of benzene rings is 8. The Labute approximate surface area is 478 Å². The maximum Gasteiger partial charge on any atom is 0.178 e. The van der Waals surface area contributed by atoms with Crippen LogP contribution in [0.25, 0.3) is 0 Å². The van der Waals surface area contributed by atoms with Gasteiger partial charge in [0.2, 0.25) is 0 Å². The van der Waals surface area contributed by atoms with E-state index >= 15 is 9.13 Å². The van der Waals surface area contributed by atoms with E-state index < -0.39 is 14.3 Å². The van der Waals surface area contributed by atoms with Crippen LogP contribution in [-0.4, -0.2) is 26.9 Å². The molecule has 0 saturated carbocycles. The van der Waals surface area contributed by atoms with Gasteiger partial charge in [0.15, 0.2) is 14.3 Å². The number of hydrogen-bond acceptors (Lipinski definition) is 6. The Morgan fingerprint density at radius 3 is 0.675 bits per heavy atom. The van der Waals surface area contributed by atoms with Crippen LogP contribution in [-0.2, 0) is 56.5 Å². The van der Waals surface area contributed by atoms with E-state index in [0.717, 1.165) is 88.4 Å². The summed E-state index contributed by atoms with van der Waals surface area (Å²) in [5, 5.41) is 2.97. The number of methoxy groups -OCH3 is 2. The molecule has 8 bridgehead atoms. The smallest absolute Gasteiger partial charge is 0.178 e. The predicted molar refractivity (Wildman–Crippen MR) is 335 cm³/mol. The largest absolute Gasteiger partial charge is 0.496 e. The molecule has 1 aliphatic rings. The molecule has 0 N–H and O–H groups in total. The molecule has 0 fully saturated rings. The highest BCUT2D eigenvalue weighted by molar-refractivity contribution is 7.79. The quantitative estimate of drug-likeness (QED) is 0.114. The van der Waals surface area contributed by atoms with E-state index in [2.05, 4.69) is 132 Å². The normalized spacial score (nSPS) is 13.4. The van der Waals surface area contributed by atoms with Gasteiger partial charge in [-0.2, -0.15) is 0 Å². The molecule has 0 aromatic heterocycles. The molecule has 80 heavy (non-hydrogen) atoms. The Balaban J connectivity index is 1.35. The molecule has 0 radical (unpaired) electrons. The van der Waals surface area contributed by atoms with E-state index in [1.54, 1.807) is 14.2 Å². The lowest BCUT2D eigenvalue weighted by Gasteiger charge is -2.29. The van der Waals surface area contributed by atoms with E-state index in [4.69, 9.17) is 18.9 Å². The average Bonchev–Trinajstić information content (AvgIpc) is 3.42. The third-order valence-electron chi connectivity index (χ3n) is 15.8. The maximum atomic E-state index is 15.9. The van der Waals surface area contributed by atoms with E-state index in [-0.39, 0.29) is 34.4 Å². The van der Waals surface area contributed by atoms with Crippen LogP contribution in [0, 0.1) is 0 Å². The molecular weight excluding hydrogens is 1020 g/mol. The first-order valence-corrected chi connectivity index (χ1v) is 32.0. The zero-order valence-corrected chi connectivity index (χ0v) is 51.5. The minimum Gasteiger partial charge on any atom is -0.496 e. The first kappa shape index (κ1) is 58.1. The fourth-order valence-electron chi connectivity index (χ4n) is 11.1. The van der Waals surface area contributed by atoms with Gasteiger partial charge in [0.05, 0.1) is 14.2 Å². The highest BCUT2D eigenvalue weighted by Crippen LogP contribution is 2.49. The summed E-state index contributed by atoms with van der Waals surface area (Å²) < 4.78 is 60.0. The van der Waals surface area contributed by atoms with E-state index in [9.17, 15) is 0 Å². The van der Waals surface area contributed by atoms with Gasteiger partial charge in [-0.1, -0.05) is 253 Å². The highest BCUT2D eigenvalue weighted by Gasteiger charge is 2.34. The number of fused-ring (bicyclic) bond motifs is 8. The fourth-order valence-corrected chi connectivity index (χ4v) is 15.5. The van der Waals surface area contributed by atoms with Crippen LogP contribution in [0.5, 0.6) is 23.0 Å². The molecule has 0 atom stereocenters. The molecule has 0 aliphatic heterocycles. The van der Waals surface area contributed by atoms with E-state index in [1.165, 1.54) is 11.1 Å². The van der Waals surface area contributed by atoms with Crippen molar-refractivity contribution in [1.29, 1.82) is 0 Å². The van der Waals surface area contributed by atoms with Gasteiger partial charge in [-0.25, -0.2) is 0 Å². The minimum atomic E-state index is -3.35. The van der Waals surface area contributed by atoms with Gasteiger partial charge in [0, 0.05) is 46.9 Å². The fraction of sp³-hybridized carbons (Fsp3) is 0.333. The first-order chi connectivity index (χ1) is 37.8. The maximum absolute atomic E-state index is 15.9.